The van der Waals surface area contributed by atoms with Gasteiger partial charge in [0.2, 0.25) is 0 Å². The normalized spacial score (nSPS) is 10.6. The van der Waals surface area contributed by atoms with Crippen LogP contribution in [0, 0.1) is 0 Å². The van der Waals surface area contributed by atoms with Gasteiger partial charge < -0.3 is 4.74 Å². The fourth-order valence-corrected chi connectivity index (χ4v) is 1.96. The first-order valence-corrected chi connectivity index (χ1v) is 7.39. The van der Waals surface area contributed by atoms with E-state index in [0.717, 1.165) is 17.7 Å². The minimum atomic E-state index is -0.343. The number of halogens is 1. The van der Waals surface area contributed by atoms with Crippen molar-refractivity contribution in [3.8, 4) is 5.75 Å². The van der Waals surface area contributed by atoms with E-state index in [4.69, 9.17) is 16.3 Å². The van der Waals surface area contributed by atoms with Crippen molar-refractivity contribution in [3.63, 3.8) is 0 Å². The Kier molecular flexibility index (Phi) is 5.98. The lowest BCUT2D eigenvalue weighted by Crippen LogP contribution is -2.17. The fourth-order valence-electron chi connectivity index (χ4n) is 1.74. The maximum atomic E-state index is 11.9. The highest BCUT2D eigenvalue weighted by molar-refractivity contribution is 6.33. The average molecular weight is 317 g/mol. The maximum Gasteiger partial charge on any atom is 0.272 e. The van der Waals surface area contributed by atoms with Crippen LogP contribution in [-0.4, -0.2) is 18.7 Å². The Morgan fingerprint density at radius 3 is 2.64 bits per heavy atom. The first-order valence-electron chi connectivity index (χ1n) is 7.01. The molecule has 0 unspecified atom stereocenters. The van der Waals surface area contributed by atoms with E-state index in [1.807, 2.05) is 24.3 Å². The van der Waals surface area contributed by atoms with Gasteiger partial charge in [-0.1, -0.05) is 30.7 Å². The summed E-state index contributed by atoms with van der Waals surface area (Å²) < 4.78 is 5.49. The van der Waals surface area contributed by atoms with Crippen LogP contribution in [0.4, 0.5) is 0 Å². The summed E-state index contributed by atoms with van der Waals surface area (Å²) in [6.07, 6.45) is 2.54. The Bertz CT molecular complexity index is 654. The van der Waals surface area contributed by atoms with Crippen LogP contribution in [0.15, 0.2) is 53.6 Å². The van der Waals surface area contributed by atoms with Crippen molar-refractivity contribution in [3.05, 3.63) is 64.7 Å². The van der Waals surface area contributed by atoms with Crippen molar-refractivity contribution in [1.82, 2.24) is 5.43 Å². The van der Waals surface area contributed by atoms with Gasteiger partial charge in [0, 0.05) is 0 Å². The molecule has 0 fully saturated rings. The molecule has 0 heterocycles. The van der Waals surface area contributed by atoms with Gasteiger partial charge in [-0.05, 0) is 48.4 Å². The third-order valence-electron chi connectivity index (χ3n) is 2.85. The molecule has 4 nitrogen and oxygen atoms in total. The first-order chi connectivity index (χ1) is 10.7. The van der Waals surface area contributed by atoms with Crippen molar-refractivity contribution < 1.29 is 9.53 Å². The molecule has 0 aromatic heterocycles. The highest BCUT2D eigenvalue weighted by Crippen LogP contribution is 2.14. The Balaban J connectivity index is 1.92. The van der Waals surface area contributed by atoms with E-state index in [-0.39, 0.29) is 5.91 Å². The number of ether oxygens (including phenoxy) is 1. The van der Waals surface area contributed by atoms with Crippen molar-refractivity contribution in [2.24, 2.45) is 5.10 Å². The minimum Gasteiger partial charge on any atom is -0.494 e. The maximum absolute atomic E-state index is 11.9. The molecule has 5 heteroatoms. The molecule has 0 aliphatic carbocycles. The summed E-state index contributed by atoms with van der Waals surface area (Å²) in [6, 6.07) is 14.3. The number of benzene rings is 2. The monoisotopic (exact) mass is 316 g/mol. The lowest BCUT2D eigenvalue weighted by molar-refractivity contribution is 0.0955. The molecule has 0 aliphatic rings. The highest BCUT2D eigenvalue weighted by atomic mass is 35.5. The van der Waals surface area contributed by atoms with Crippen LogP contribution in [0.2, 0.25) is 5.02 Å². The van der Waals surface area contributed by atoms with Crippen LogP contribution in [-0.2, 0) is 0 Å². The van der Waals surface area contributed by atoms with Gasteiger partial charge in [-0.15, -0.1) is 0 Å². The number of carbonyl (C=O) groups excluding carboxylic acids is 1. The van der Waals surface area contributed by atoms with E-state index in [1.165, 1.54) is 0 Å². The van der Waals surface area contributed by atoms with Crippen LogP contribution in [0.5, 0.6) is 5.75 Å². The van der Waals surface area contributed by atoms with Crippen molar-refractivity contribution in [2.75, 3.05) is 6.61 Å². The summed E-state index contributed by atoms with van der Waals surface area (Å²) in [7, 11) is 0. The molecule has 2 aromatic carbocycles. The summed E-state index contributed by atoms with van der Waals surface area (Å²) in [5, 5.41) is 4.32. The molecule has 0 aliphatic heterocycles. The molecular formula is C17H17ClN2O2. The van der Waals surface area contributed by atoms with E-state index in [2.05, 4.69) is 17.5 Å². The van der Waals surface area contributed by atoms with Gasteiger partial charge in [-0.25, -0.2) is 5.43 Å². The largest absolute Gasteiger partial charge is 0.494 e. The van der Waals surface area contributed by atoms with Gasteiger partial charge in [-0.2, -0.15) is 5.10 Å². The predicted molar refractivity (Wildman–Crippen MR) is 88.7 cm³/mol. The summed E-state index contributed by atoms with van der Waals surface area (Å²) in [4.78, 5) is 11.9. The van der Waals surface area contributed by atoms with Gasteiger partial charge in [0.15, 0.2) is 0 Å². The summed E-state index contributed by atoms with van der Waals surface area (Å²) in [5.41, 5.74) is 3.71. The van der Waals surface area contributed by atoms with Gasteiger partial charge in [-0.3, -0.25) is 4.79 Å². The van der Waals surface area contributed by atoms with Crippen molar-refractivity contribution in [1.29, 1.82) is 0 Å². The number of hydrogen-bond acceptors (Lipinski definition) is 3. The molecule has 22 heavy (non-hydrogen) atoms. The number of amides is 1. The summed E-state index contributed by atoms with van der Waals surface area (Å²) in [6.45, 7) is 2.75. The number of hydrogen-bond donors (Lipinski definition) is 1. The third kappa shape index (κ3) is 4.60. The van der Waals surface area contributed by atoms with Crippen LogP contribution in [0.3, 0.4) is 0 Å². The number of nitrogens with one attached hydrogen (secondary N) is 1. The van der Waals surface area contributed by atoms with Crippen LogP contribution < -0.4 is 10.2 Å². The van der Waals surface area contributed by atoms with Gasteiger partial charge >= 0.3 is 0 Å². The molecule has 2 rings (SSSR count). The molecule has 114 valence electrons. The molecule has 0 saturated heterocycles. The molecule has 0 atom stereocenters. The second-order valence-corrected chi connectivity index (χ2v) is 5.00. The molecule has 1 N–H and O–H groups in total. The van der Waals surface area contributed by atoms with E-state index in [9.17, 15) is 4.79 Å². The highest BCUT2D eigenvalue weighted by Gasteiger charge is 2.07. The molecule has 2 aromatic rings. The predicted octanol–water partition coefficient (Wildman–Crippen LogP) is 3.89. The number of hydrazone groups is 1. The molecular weight excluding hydrogens is 300 g/mol. The van der Waals surface area contributed by atoms with Crippen LogP contribution in [0.25, 0.3) is 0 Å². The van der Waals surface area contributed by atoms with E-state index in [1.54, 1.807) is 30.5 Å². The Hall–Kier alpha value is -2.33. The molecule has 1 amide bonds. The standard InChI is InChI=1S/C17H17ClN2O2/c1-2-11-22-14-9-7-13(8-10-14)12-19-20-17(21)15-5-3-4-6-16(15)18/h3-10,12H,2,11H2,1H3,(H,20,21)/b19-12-. The van der Waals surface area contributed by atoms with Crippen LogP contribution in [0.1, 0.15) is 29.3 Å². The van der Waals surface area contributed by atoms with E-state index >= 15 is 0 Å². The number of nitrogens with zero attached hydrogens (tertiary/aromatic N) is 1. The molecule has 0 spiro atoms. The lowest BCUT2D eigenvalue weighted by atomic mass is 10.2. The quantitative estimate of drug-likeness (QED) is 0.649. The van der Waals surface area contributed by atoms with Crippen LogP contribution >= 0.6 is 11.6 Å². The van der Waals surface area contributed by atoms with Gasteiger partial charge in [0.05, 0.1) is 23.4 Å². The average Bonchev–Trinajstić information content (AvgIpc) is 2.54. The van der Waals surface area contributed by atoms with Crippen molar-refractivity contribution >= 4 is 23.7 Å². The molecule has 0 radical (unpaired) electrons. The molecule has 0 bridgehead atoms. The number of carbonyl (C=O) groups is 1. The summed E-state index contributed by atoms with van der Waals surface area (Å²) >= 11 is 5.95. The first kappa shape index (κ1) is 16.0. The number of rotatable bonds is 6. The fraction of sp³-hybridized carbons (Fsp3) is 0.176. The zero-order valence-corrected chi connectivity index (χ0v) is 13.0. The van der Waals surface area contributed by atoms with Crippen molar-refractivity contribution in [2.45, 2.75) is 13.3 Å². The smallest absolute Gasteiger partial charge is 0.272 e. The second kappa shape index (κ2) is 8.20. The Morgan fingerprint density at radius 2 is 1.95 bits per heavy atom. The summed E-state index contributed by atoms with van der Waals surface area (Å²) in [5.74, 6) is 0.476. The lowest BCUT2D eigenvalue weighted by Gasteiger charge is -2.04. The minimum absolute atomic E-state index is 0.343. The zero-order chi connectivity index (χ0) is 15.8. The Labute approximate surface area is 134 Å². The zero-order valence-electron chi connectivity index (χ0n) is 12.3. The van der Waals surface area contributed by atoms with E-state index < -0.39 is 0 Å². The second-order valence-electron chi connectivity index (χ2n) is 4.60. The SMILES string of the molecule is CCCOc1ccc(/C=N\NC(=O)c2ccccc2Cl)cc1. The van der Waals surface area contributed by atoms with Gasteiger partial charge in [0.25, 0.3) is 5.91 Å². The molecule has 0 saturated carbocycles. The third-order valence-corrected chi connectivity index (χ3v) is 3.18. The topological polar surface area (TPSA) is 50.7 Å². The Morgan fingerprint density at radius 1 is 1.23 bits per heavy atom. The van der Waals surface area contributed by atoms with Gasteiger partial charge in [0.1, 0.15) is 5.75 Å². The van der Waals surface area contributed by atoms with E-state index in [0.29, 0.717) is 17.2 Å².